The van der Waals surface area contributed by atoms with E-state index >= 15 is 0 Å². The number of aryl methyl sites for hydroxylation is 3. The van der Waals surface area contributed by atoms with Crippen LogP contribution in [0.1, 0.15) is 22.3 Å². The van der Waals surface area contributed by atoms with Gasteiger partial charge in [-0.15, -0.1) is 0 Å². The predicted octanol–water partition coefficient (Wildman–Crippen LogP) is 3.94. The molecule has 0 unspecified atom stereocenters. The van der Waals surface area contributed by atoms with Gasteiger partial charge in [-0.1, -0.05) is 29.8 Å². The summed E-state index contributed by atoms with van der Waals surface area (Å²) in [5.74, 6) is 0.782. The number of carbonyl (C=O) groups excluding carboxylic acids is 1. The van der Waals surface area contributed by atoms with Crippen LogP contribution in [0.15, 0.2) is 36.4 Å². The first-order valence-electron chi connectivity index (χ1n) is 7.25. The van der Waals surface area contributed by atoms with Crippen molar-refractivity contribution in [2.75, 3.05) is 12.4 Å². The Kier molecular flexibility index (Phi) is 5.04. The molecule has 4 nitrogen and oxygen atoms in total. The standard InChI is InChI=1S/C18H22N2O2/c1-12-8-13(2)17(14(3)9-12)20-18(21)19-11-15-6-5-7-16(10-15)22-4/h5-10H,11H2,1-4H3,(H2,19,20,21). The third kappa shape index (κ3) is 4.01. The molecule has 0 aromatic heterocycles. The molecular formula is C18H22N2O2. The number of rotatable bonds is 4. The molecule has 0 bridgehead atoms. The number of anilines is 1. The minimum absolute atomic E-state index is 0.210. The zero-order valence-electron chi connectivity index (χ0n) is 13.5. The average Bonchev–Trinajstić information content (AvgIpc) is 2.49. The van der Waals surface area contributed by atoms with Crippen LogP contribution in [0.5, 0.6) is 5.75 Å². The Morgan fingerprint density at radius 3 is 2.41 bits per heavy atom. The lowest BCUT2D eigenvalue weighted by atomic mass is 10.1. The minimum atomic E-state index is -0.210. The summed E-state index contributed by atoms with van der Waals surface area (Å²) in [5.41, 5.74) is 5.18. The van der Waals surface area contributed by atoms with Crippen LogP contribution < -0.4 is 15.4 Å². The Morgan fingerprint density at radius 2 is 1.77 bits per heavy atom. The van der Waals surface area contributed by atoms with Crippen molar-refractivity contribution in [3.05, 3.63) is 58.7 Å². The van der Waals surface area contributed by atoms with Gasteiger partial charge in [0.15, 0.2) is 0 Å². The van der Waals surface area contributed by atoms with Crippen LogP contribution in [0.25, 0.3) is 0 Å². The zero-order chi connectivity index (χ0) is 16.1. The fraction of sp³-hybridized carbons (Fsp3) is 0.278. The van der Waals surface area contributed by atoms with E-state index in [1.165, 1.54) is 5.56 Å². The highest BCUT2D eigenvalue weighted by atomic mass is 16.5. The number of ether oxygens (including phenoxy) is 1. The number of hydrogen-bond donors (Lipinski definition) is 2. The van der Waals surface area contributed by atoms with E-state index in [9.17, 15) is 4.79 Å². The maximum absolute atomic E-state index is 12.1. The third-order valence-electron chi connectivity index (χ3n) is 3.50. The van der Waals surface area contributed by atoms with E-state index in [-0.39, 0.29) is 6.03 Å². The van der Waals surface area contributed by atoms with Gasteiger partial charge in [0, 0.05) is 12.2 Å². The van der Waals surface area contributed by atoms with Crippen molar-refractivity contribution >= 4 is 11.7 Å². The molecule has 0 aliphatic rings. The largest absolute Gasteiger partial charge is 0.497 e. The Labute approximate surface area is 131 Å². The summed E-state index contributed by atoms with van der Waals surface area (Å²) < 4.78 is 5.17. The van der Waals surface area contributed by atoms with E-state index in [0.717, 1.165) is 28.1 Å². The molecule has 0 heterocycles. The molecule has 2 N–H and O–H groups in total. The van der Waals surface area contributed by atoms with Crippen LogP contribution in [0.4, 0.5) is 10.5 Å². The van der Waals surface area contributed by atoms with Crippen molar-refractivity contribution in [3.8, 4) is 5.75 Å². The van der Waals surface area contributed by atoms with Crippen molar-refractivity contribution in [2.24, 2.45) is 0 Å². The van der Waals surface area contributed by atoms with Crippen LogP contribution in [-0.4, -0.2) is 13.1 Å². The van der Waals surface area contributed by atoms with E-state index in [1.807, 2.05) is 45.0 Å². The number of nitrogens with one attached hydrogen (secondary N) is 2. The Hall–Kier alpha value is -2.49. The number of carbonyl (C=O) groups is 1. The molecule has 0 radical (unpaired) electrons. The second-order valence-electron chi connectivity index (χ2n) is 5.43. The molecule has 2 aromatic carbocycles. The highest BCUT2D eigenvalue weighted by Gasteiger charge is 2.08. The molecule has 2 amide bonds. The predicted molar refractivity (Wildman–Crippen MR) is 89.5 cm³/mol. The summed E-state index contributed by atoms with van der Waals surface area (Å²) in [5, 5.41) is 5.79. The molecular weight excluding hydrogens is 276 g/mol. The minimum Gasteiger partial charge on any atom is -0.497 e. The average molecular weight is 298 g/mol. The van der Waals surface area contributed by atoms with Crippen LogP contribution in [0.3, 0.4) is 0 Å². The van der Waals surface area contributed by atoms with Gasteiger partial charge in [0.05, 0.1) is 7.11 Å². The molecule has 0 saturated heterocycles. The normalized spacial score (nSPS) is 10.2. The number of methoxy groups -OCH3 is 1. The summed E-state index contributed by atoms with van der Waals surface area (Å²) in [6.07, 6.45) is 0. The van der Waals surface area contributed by atoms with Crippen LogP contribution in [0.2, 0.25) is 0 Å². The topological polar surface area (TPSA) is 50.4 Å². The molecule has 0 spiro atoms. The molecule has 4 heteroatoms. The van der Waals surface area contributed by atoms with Crippen LogP contribution in [-0.2, 0) is 6.54 Å². The Morgan fingerprint density at radius 1 is 1.09 bits per heavy atom. The van der Waals surface area contributed by atoms with Gasteiger partial charge in [0.25, 0.3) is 0 Å². The molecule has 0 saturated carbocycles. The lowest BCUT2D eigenvalue weighted by molar-refractivity contribution is 0.251. The maximum Gasteiger partial charge on any atom is 0.319 e. The SMILES string of the molecule is COc1cccc(CNC(=O)Nc2c(C)cc(C)cc2C)c1. The monoisotopic (exact) mass is 298 g/mol. The maximum atomic E-state index is 12.1. The van der Waals surface area contributed by atoms with E-state index < -0.39 is 0 Å². The van der Waals surface area contributed by atoms with E-state index in [0.29, 0.717) is 6.54 Å². The van der Waals surface area contributed by atoms with Gasteiger partial charge >= 0.3 is 6.03 Å². The summed E-state index contributed by atoms with van der Waals surface area (Å²) in [6.45, 7) is 6.50. The summed E-state index contributed by atoms with van der Waals surface area (Å²) in [7, 11) is 1.63. The first kappa shape index (κ1) is 15.9. The second-order valence-corrected chi connectivity index (χ2v) is 5.43. The van der Waals surface area contributed by atoms with Gasteiger partial charge in [-0.05, 0) is 49.6 Å². The quantitative estimate of drug-likeness (QED) is 0.898. The summed E-state index contributed by atoms with van der Waals surface area (Å²) in [4.78, 5) is 12.1. The first-order chi connectivity index (χ1) is 10.5. The van der Waals surface area contributed by atoms with Gasteiger partial charge in [0.1, 0.15) is 5.75 Å². The van der Waals surface area contributed by atoms with E-state index in [1.54, 1.807) is 7.11 Å². The smallest absolute Gasteiger partial charge is 0.319 e. The molecule has 0 fully saturated rings. The first-order valence-corrected chi connectivity index (χ1v) is 7.25. The lowest BCUT2D eigenvalue weighted by Gasteiger charge is -2.14. The van der Waals surface area contributed by atoms with Gasteiger partial charge in [-0.25, -0.2) is 4.79 Å². The van der Waals surface area contributed by atoms with Gasteiger partial charge < -0.3 is 15.4 Å². The van der Waals surface area contributed by atoms with Crippen molar-refractivity contribution in [1.82, 2.24) is 5.32 Å². The van der Waals surface area contributed by atoms with Gasteiger partial charge in [-0.3, -0.25) is 0 Å². The zero-order valence-corrected chi connectivity index (χ0v) is 13.5. The third-order valence-corrected chi connectivity index (χ3v) is 3.50. The highest BCUT2D eigenvalue weighted by molar-refractivity contribution is 5.91. The lowest BCUT2D eigenvalue weighted by Crippen LogP contribution is -2.28. The Balaban J connectivity index is 1.99. The van der Waals surface area contributed by atoms with Crippen LogP contribution >= 0.6 is 0 Å². The fourth-order valence-corrected chi connectivity index (χ4v) is 2.50. The van der Waals surface area contributed by atoms with Crippen molar-refractivity contribution in [3.63, 3.8) is 0 Å². The van der Waals surface area contributed by atoms with Crippen molar-refractivity contribution in [1.29, 1.82) is 0 Å². The molecule has 0 atom stereocenters. The fourth-order valence-electron chi connectivity index (χ4n) is 2.50. The number of hydrogen-bond acceptors (Lipinski definition) is 2. The summed E-state index contributed by atoms with van der Waals surface area (Å²) >= 11 is 0. The number of benzene rings is 2. The Bertz CT molecular complexity index is 658. The van der Waals surface area contributed by atoms with Crippen LogP contribution in [0, 0.1) is 20.8 Å². The van der Waals surface area contributed by atoms with Gasteiger partial charge in [-0.2, -0.15) is 0 Å². The van der Waals surface area contributed by atoms with Gasteiger partial charge in [0.2, 0.25) is 0 Å². The van der Waals surface area contributed by atoms with E-state index in [2.05, 4.69) is 22.8 Å². The molecule has 0 aliphatic heterocycles. The molecule has 22 heavy (non-hydrogen) atoms. The summed E-state index contributed by atoms with van der Waals surface area (Å²) in [6, 6.07) is 11.5. The molecule has 2 aromatic rings. The molecule has 2 rings (SSSR count). The van der Waals surface area contributed by atoms with Crippen molar-refractivity contribution < 1.29 is 9.53 Å². The number of urea groups is 1. The van der Waals surface area contributed by atoms with Crippen molar-refractivity contribution in [2.45, 2.75) is 27.3 Å². The highest BCUT2D eigenvalue weighted by Crippen LogP contribution is 2.21. The second kappa shape index (κ2) is 6.98. The molecule has 0 aliphatic carbocycles. The van der Waals surface area contributed by atoms with E-state index in [4.69, 9.17) is 4.74 Å². The number of amides is 2. The molecule has 116 valence electrons.